The van der Waals surface area contributed by atoms with Crippen molar-refractivity contribution in [2.24, 2.45) is 0 Å². The minimum Gasteiger partial charge on any atom is -0.385 e. The molecule has 2 fully saturated rings. The van der Waals surface area contributed by atoms with E-state index in [0.717, 1.165) is 25.0 Å². The fraction of sp³-hybridized carbons (Fsp3) is 0.571. The molecule has 110 valence electrons. The number of rotatable bonds is 1. The second-order valence-corrected chi connectivity index (χ2v) is 7.66. The highest BCUT2D eigenvalue weighted by Crippen LogP contribution is 2.46. The van der Waals surface area contributed by atoms with E-state index in [9.17, 15) is 22.5 Å². The molecule has 0 aliphatic carbocycles. The first-order valence-corrected chi connectivity index (χ1v) is 7.87. The molecule has 1 aromatic rings. The van der Waals surface area contributed by atoms with Crippen molar-refractivity contribution >= 4 is 10.8 Å². The summed E-state index contributed by atoms with van der Waals surface area (Å²) < 4.78 is 49.6. The zero-order valence-electron chi connectivity index (χ0n) is 10.7. The molecule has 20 heavy (non-hydrogen) atoms. The molecule has 0 radical (unpaired) electrons. The molecule has 2 bridgehead atoms. The Labute approximate surface area is 117 Å². The van der Waals surface area contributed by atoms with E-state index < -0.39 is 28.1 Å². The number of hydrogen-bond donors (Lipinski definition) is 1. The van der Waals surface area contributed by atoms with Crippen LogP contribution in [0.3, 0.4) is 0 Å². The predicted molar refractivity (Wildman–Crippen MR) is 69.5 cm³/mol. The summed E-state index contributed by atoms with van der Waals surface area (Å²) in [7, 11) is -0.897. The summed E-state index contributed by atoms with van der Waals surface area (Å²) in [5.74, 6) is 0. The first-order chi connectivity index (χ1) is 9.29. The normalized spacial score (nSPS) is 37.1. The van der Waals surface area contributed by atoms with E-state index in [1.165, 1.54) is 12.1 Å². The van der Waals surface area contributed by atoms with Gasteiger partial charge in [-0.3, -0.25) is 4.21 Å². The maximum absolute atomic E-state index is 12.5. The molecule has 0 amide bonds. The van der Waals surface area contributed by atoms with Crippen LogP contribution in [0.4, 0.5) is 13.2 Å². The molecule has 2 saturated heterocycles. The van der Waals surface area contributed by atoms with Crippen LogP contribution >= 0.6 is 0 Å². The Morgan fingerprint density at radius 3 is 2.05 bits per heavy atom. The van der Waals surface area contributed by atoms with Gasteiger partial charge in [0.25, 0.3) is 0 Å². The van der Waals surface area contributed by atoms with Gasteiger partial charge in [0, 0.05) is 21.3 Å². The van der Waals surface area contributed by atoms with E-state index in [4.69, 9.17) is 0 Å². The van der Waals surface area contributed by atoms with Gasteiger partial charge in [-0.15, -0.1) is 0 Å². The van der Waals surface area contributed by atoms with Gasteiger partial charge in [0.05, 0.1) is 11.2 Å². The van der Waals surface area contributed by atoms with Crippen molar-refractivity contribution in [2.45, 2.75) is 48.0 Å². The third kappa shape index (κ3) is 2.29. The van der Waals surface area contributed by atoms with Crippen molar-refractivity contribution in [3.63, 3.8) is 0 Å². The molecule has 0 spiro atoms. The van der Waals surface area contributed by atoms with Crippen molar-refractivity contribution in [3.8, 4) is 0 Å². The topological polar surface area (TPSA) is 37.3 Å². The molecule has 1 N–H and O–H groups in total. The quantitative estimate of drug-likeness (QED) is 0.866. The highest BCUT2D eigenvalue weighted by atomic mass is 32.2. The maximum atomic E-state index is 12.5. The van der Waals surface area contributed by atoms with Crippen LogP contribution in [0.2, 0.25) is 0 Å². The van der Waals surface area contributed by atoms with Gasteiger partial charge in [0.1, 0.15) is 0 Å². The van der Waals surface area contributed by atoms with Crippen LogP contribution in [-0.2, 0) is 22.6 Å². The fourth-order valence-electron chi connectivity index (χ4n) is 3.29. The molecule has 2 nitrogen and oxygen atoms in total. The Bertz CT molecular complexity index is 522. The van der Waals surface area contributed by atoms with Gasteiger partial charge in [-0.1, -0.05) is 12.1 Å². The molecule has 2 aliphatic rings. The van der Waals surface area contributed by atoms with Gasteiger partial charge in [-0.05, 0) is 43.4 Å². The van der Waals surface area contributed by atoms with Gasteiger partial charge in [0.2, 0.25) is 0 Å². The summed E-state index contributed by atoms with van der Waals surface area (Å²) in [6.45, 7) is 0. The molecular formula is C14H15F3O2S. The monoisotopic (exact) mass is 304 g/mol. The lowest BCUT2D eigenvalue weighted by Crippen LogP contribution is -2.40. The second-order valence-electron chi connectivity index (χ2n) is 5.66. The van der Waals surface area contributed by atoms with Crippen LogP contribution < -0.4 is 0 Å². The van der Waals surface area contributed by atoms with Gasteiger partial charge in [-0.25, -0.2) is 0 Å². The molecule has 2 unspecified atom stereocenters. The lowest BCUT2D eigenvalue weighted by molar-refractivity contribution is -0.137. The van der Waals surface area contributed by atoms with Crippen LogP contribution in [0.15, 0.2) is 24.3 Å². The molecule has 1 aromatic carbocycles. The third-order valence-corrected chi connectivity index (χ3v) is 6.47. The van der Waals surface area contributed by atoms with Crippen molar-refractivity contribution in [2.75, 3.05) is 0 Å². The van der Waals surface area contributed by atoms with E-state index >= 15 is 0 Å². The largest absolute Gasteiger partial charge is 0.416 e. The molecule has 2 heterocycles. The first-order valence-electron chi connectivity index (χ1n) is 6.59. The smallest absolute Gasteiger partial charge is 0.385 e. The SMILES string of the molecule is O=S1C2CCC1CC(O)(c1ccc(C(F)(F)F)cc1)C2. The maximum Gasteiger partial charge on any atom is 0.416 e. The van der Waals surface area contributed by atoms with E-state index in [1.54, 1.807) is 0 Å². The van der Waals surface area contributed by atoms with Crippen LogP contribution in [-0.4, -0.2) is 19.8 Å². The van der Waals surface area contributed by atoms with Crippen molar-refractivity contribution in [1.29, 1.82) is 0 Å². The van der Waals surface area contributed by atoms with Gasteiger partial charge >= 0.3 is 6.18 Å². The van der Waals surface area contributed by atoms with Crippen molar-refractivity contribution in [3.05, 3.63) is 35.4 Å². The number of fused-ring (bicyclic) bond motifs is 2. The lowest BCUT2D eigenvalue weighted by Gasteiger charge is -2.36. The zero-order valence-corrected chi connectivity index (χ0v) is 11.5. The van der Waals surface area contributed by atoms with E-state index in [0.29, 0.717) is 18.4 Å². The highest BCUT2D eigenvalue weighted by Gasteiger charge is 2.48. The number of alkyl halides is 3. The standard InChI is InChI=1S/C14H15F3O2S/c15-14(16,17)10-3-1-9(2-4-10)13(18)7-11-5-6-12(8-13)20(11)19/h1-4,11-12,18H,5-8H2. The average molecular weight is 304 g/mol. The molecule has 3 rings (SSSR count). The Kier molecular flexibility index (Phi) is 3.21. The summed E-state index contributed by atoms with van der Waals surface area (Å²) in [5.41, 5.74) is -1.35. The number of benzene rings is 1. The highest BCUT2D eigenvalue weighted by molar-refractivity contribution is 7.86. The lowest BCUT2D eigenvalue weighted by atomic mass is 9.85. The average Bonchev–Trinajstić information content (AvgIpc) is 2.62. The van der Waals surface area contributed by atoms with Crippen LogP contribution in [0.5, 0.6) is 0 Å². The Morgan fingerprint density at radius 2 is 1.60 bits per heavy atom. The Balaban J connectivity index is 1.88. The number of hydrogen-bond acceptors (Lipinski definition) is 2. The van der Waals surface area contributed by atoms with E-state index in [2.05, 4.69) is 0 Å². The van der Waals surface area contributed by atoms with Crippen LogP contribution in [0, 0.1) is 0 Å². The van der Waals surface area contributed by atoms with Gasteiger partial charge in [-0.2, -0.15) is 13.2 Å². The summed E-state index contributed by atoms with van der Waals surface area (Å²) >= 11 is 0. The van der Waals surface area contributed by atoms with Gasteiger partial charge in [0.15, 0.2) is 0 Å². The number of halogens is 3. The van der Waals surface area contributed by atoms with Crippen LogP contribution in [0.25, 0.3) is 0 Å². The molecule has 2 aliphatic heterocycles. The predicted octanol–water partition coefficient (Wildman–Crippen LogP) is 2.97. The summed E-state index contributed by atoms with van der Waals surface area (Å²) in [6.07, 6.45) is -1.95. The second kappa shape index (κ2) is 4.56. The Morgan fingerprint density at radius 1 is 1.10 bits per heavy atom. The minimum atomic E-state index is -4.37. The minimum absolute atomic E-state index is 0.0268. The van der Waals surface area contributed by atoms with Crippen molar-refractivity contribution < 1.29 is 22.5 Å². The Hall–Kier alpha value is -0.880. The summed E-state index contributed by atoms with van der Waals surface area (Å²) in [5, 5.41) is 10.7. The zero-order chi connectivity index (χ0) is 14.5. The van der Waals surface area contributed by atoms with E-state index in [-0.39, 0.29) is 10.5 Å². The van der Waals surface area contributed by atoms with E-state index in [1.807, 2.05) is 0 Å². The number of aliphatic hydroxyl groups is 1. The molecule has 0 aromatic heterocycles. The van der Waals surface area contributed by atoms with Crippen LogP contribution in [0.1, 0.15) is 36.8 Å². The summed E-state index contributed by atoms with van der Waals surface area (Å²) in [4.78, 5) is 0. The van der Waals surface area contributed by atoms with Gasteiger partial charge < -0.3 is 5.11 Å². The molecule has 0 saturated carbocycles. The molecule has 6 heteroatoms. The van der Waals surface area contributed by atoms with Crippen molar-refractivity contribution in [1.82, 2.24) is 0 Å². The molecular weight excluding hydrogens is 289 g/mol. The first kappa shape index (κ1) is 14.1. The fourth-order valence-corrected chi connectivity index (χ4v) is 5.45. The third-order valence-electron chi connectivity index (χ3n) is 4.35. The molecule has 2 atom stereocenters. The summed E-state index contributed by atoms with van der Waals surface area (Å²) in [6, 6.07) is 4.69.